The molecule has 0 atom stereocenters. The minimum absolute atomic E-state index is 0.0436. The van der Waals surface area contributed by atoms with E-state index in [1.165, 1.54) is 41.3 Å². The predicted molar refractivity (Wildman–Crippen MR) is 174 cm³/mol. The lowest BCUT2D eigenvalue weighted by Gasteiger charge is -2.28. The Morgan fingerprint density at radius 1 is 1.06 bits per heavy atom. The molecule has 10 nitrogen and oxygen atoms in total. The maximum atomic E-state index is 15.9. The number of halogens is 5. The van der Waals surface area contributed by atoms with Gasteiger partial charge in [0, 0.05) is 60.4 Å². The molecule has 4 aromatic rings. The lowest BCUT2D eigenvalue weighted by molar-refractivity contribution is -0.219. The number of aromatic nitrogens is 5. The highest BCUT2D eigenvalue weighted by atomic mass is 32.2. The third-order valence-electron chi connectivity index (χ3n) is 8.57. The Morgan fingerprint density at radius 2 is 1.86 bits per heavy atom. The summed E-state index contributed by atoms with van der Waals surface area (Å²) in [6, 6.07) is 12.8. The van der Waals surface area contributed by atoms with Gasteiger partial charge in [-0.2, -0.15) is 22.0 Å². The van der Waals surface area contributed by atoms with E-state index in [-0.39, 0.29) is 53.0 Å². The summed E-state index contributed by atoms with van der Waals surface area (Å²) >= 11 is 1.16. The molecule has 0 amide bonds. The first-order valence-electron chi connectivity index (χ1n) is 15.7. The fourth-order valence-corrected chi connectivity index (χ4v) is 5.82. The molecule has 2 N–H and O–H groups in total. The van der Waals surface area contributed by atoms with E-state index >= 15 is 8.78 Å². The van der Waals surface area contributed by atoms with Gasteiger partial charge < -0.3 is 24.2 Å². The van der Waals surface area contributed by atoms with E-state index in [1.807, 2.05) is 18.2 Å². The van der Waals surface area contributed by atoms with Crippen molar-refractivity contribution in [3.63, 3.8) is 0 Å². The summed E-state index contributed by atoms with van der Waals surface area (Å²) in [5, 5.41) is 14.8. The van der Waals surface area contributed by atoms with E-state index in [1.54, 1.807) is 6.07 Å². The number of nitrogens with one attached hydrogen (secondary N) is 1. The fourth-order valence-electron chi connectivity index (χ4n) is 5.23. The minimum Gasteiger partial charge on any atom is -0.476 e. The van der Waals surface area contributed by atoms with Crippen LogP contribution in [0.15, 0.2) is 66.0 Å². The normalized spacial score (nSPS) is 17.8. The lowest BCUT2D eigenvalue weighted by atomic mass is 9.94. The Bertz CT molecular complexity index is 1770. The molecule has 1 saturated carbocycles. The maximum Gasteiger partial charge on any atom is 0.397 e. The molecule has 16 heteroatoms. The van der Waals surface area contributed by atoms with Gasteiger partial charge in [-0.05, 0) is 45.2 Å². The van der Waals surface area contributed by atoms with E-state index in [2.05, 4.69) is 24.7 Å². The van der Waals surface area contributed by atoms with Crippen LogP contribution in [0.1, 0.15) is 38.7 Å². The Kier molecular flexibility index (Phi) is 9.74. The van der Waals surface area contributed by atoms with Gasteiger partial charge in [0.05, 0.1) is 18.2 Å². The zero-order valence-corrected chi connectivity index (χ0v) is 27.7. The summed E-state index contributed by atoms with van der Waals surface area (Å²) in [5.41, 5.74) is -2.57. The van der Waals surface area contributed by atoms with Crippen molar-refractivity contribution >= 4 is 23.6 Å². The number of aliphatic hydroxyl groups excluding tert-OH is 1. The van der Waals surface area contributed by atoms with Gasteiger partial charge in [0.1, 0.15) is 29.8 Å². The molecule has 0 radical (unpaired) electrons. The van der Waals surface area contributed by atoms with Crippen molar-refractivity contribution in [1.29, 1.82) is 0 Å². The topological polar surface area (TPSA) is 110 Å². The molecule has 1 aliphatic heterocycles. The highest BCUT2D eigenvalue weighted by molar-refractivity contribution is 8.00. The van der Waals surface area contributed by atoms with Crippen molar-refractivity contribution in [3.05, 3.63) is 66.5 Å². The highest BCUT2D eigenvalue weighted by Gasteiger charge is 2.48. The molecule has 2 aliphatic rings. The van der Waals surface area contributed by atoms with E-state index in [0.717, 1.165) is 38.6 Å². The van der Waals surface area contributed by atoms with E-state index in [9.17, 15) is 18.3 Å². The van der Waals surface area contributed by atoms with Crippen molar-refractivity contribution < 1.29 is 36.5 Å². The number of rotatable bonds is 7. The number of fused-ring (bicyclic) bond motifs is 6. The number of alkyl halides is 5. The molecule has 1 aromatic carbocycles. The molecule has 1 aliphatic carbocycles. The molecule has 0 saturated heterocycles. The maximum absolute atomic E-state index is 15.9. The number of pyridine rings is 1. The van der Waals surface area contributed by atoms with Crippen LogP contribution in [0.2, 0.25) is 0 Å². The Balaban J connectivity index is 1.35. The zero-order chi connectivity index (χ0) is 34.9. The van der Waals surface area contributed by atoms with Crippen LogP contribution in [-0.4, -0.2) is 75.5 Å². The average molecular weight is 706 g/mol. The highest BCUT2D eigenvalue weighted by Crippen LogP contribution is 2.46. The van der Waals surface area contributed by atoms with Crippen LogP contribution in [-0.2, 0) is 10.7 Å². The summed E-state index contributed by atoms with van der Waals surface area (Å²) in [6.45, 7) is 1.67. The summed E-state index contributed by atoms with van der Waals surface area (Å²) in [4.78, 5) is 16.0. The van der Waals surface area contributed by atoms with Gasteiger partial charge in [-0.1, -0.05) is 30.3 Å². The summed E-state index contributed by atoms with van der Waals surface area (Å²) < 4.78 is 87.2. The second-order valence-electron chi connectivity index (χ2n) is 13.0. The van der Waals surface area contributed by atoms with Crippen molar-refractivity contribution in [3.8, 4) is 23.0 Å². The summed E-state index contributed by atoms with van der Waals surface area (Å²) in [5.74, 6) is -2.56. The fraction of sp³-hybridized carbons (Fsp3) is 0.455. The van der Waals surface area contributed by atoms with Gasteiger partial charge >= 0.3 is 6.18 Å². The second-order valence-corrected chi connectivity index (χ2v) is 13.8. The molecule has 49 heavy (non-hydrogen) atoms. The number of aliphatic hydroxyl groups is 1. The molecule has 4 bridgehead atoms. The van der Waals surface area contributed by atoms with Crippen molar-refractivity contribution in [1.82, 2.24) is 24.7 Å². The molecule has 6 rings (SSSR count). The molecule has 0 unspecified atom stereocenters. The molecule has 4 heterocycles. The van der Waals surface area contributed by atoms with Gasteiger partial charge in [-0.3, -0.25) is 0 Å². The molecular formula is C33H36F5N7O3S. The van der Waals surface area contributed by atoms with Gasteiger partial charge in [0.2, 0.25) is 5.88 Å². The first-order valence-corrected chi connectivity index (χ1v) is 16.5. The first kappa shape index (κ1) is 34.8. The van der Waals surface area contributed by atoms with Crippen LogP contribution in [0.25, 0.3) is 17.1 Å². The standard InChI is InChI=1S/C33H36F5N7O3S/c1-30(2,33(36,37)38)20-48-26-11-15-45(42-26)29-28-22-7-3-4-8-23(22)32(34,35)21-47-16-6-14-44(18-31(19-46)12-13-31)25-9-5-10-27(41-25)49-43-24(40-28)17-39-29/h3-5,7-11,15,17,46H,6,12-14,16,18-21H2,1-2H3,(H,40,43). The van der Waals surface area contributed by atoms with Gasteiger partial charge in [-0.25, -0.2) is 19.6 Å². The first-order chi connectivity index (χ1) is 23.3. The number of benzene rings is 1. The van der Waals surface area contributed by atoms with Crippen LogP contribution in [0.5, 0.6) is 5.88 Å². The third kappa shape index (κ3) is 7.91. The van der Waals surface area contributed by atoms with Gasteiger partial charge in [0.25, 0.3) is 5.92 Å². The number of nitrogens with zero attached hydrogens (tertiary/aromatic N) is 6. The van der Waals surface area contributed by atoms with Crippen molar-refractivity contribution in [2.24, 2.45) is 10.8 Å². The number of hydrogen-bond acceptors (Lipinski definition) is 10. The Hall–Kier alpha value is -4.02. The van der Waals surface area contributed by atoms with Crippen LogP contribution in [0, 0.1) is 10.8 Å². The summed E-state index contributed by atoms with van der Waals surface area (Å²) in [6.07, 6.45) is 0.565. The molecule has 3 aromatic heterocycles. The zero-order valence-electron chi connectivity index (χ0n) is 26.9. The van der Waals surface area contributed by atoms with Crippen LogP contribution in [0.4, 0.5) is 33.6 Å². The third-order valence-corrected chi connectivity index (χ3v) is 9.32. The van der Waals surface area contributed by atoms with Crippen molar-refractivity contribution in [2.45, 2.75) is 50.2 Å². The quantitative estimate of drug-likeness (QED) is 0.156. The molecule has 1 fully saturated rings. The number of ether oxygens (including phenoxy) is 2. The van der Waals surface area contributed by atoms with Crippen LogP contribution >= 0.6 is 11.9 Å². The predicted octanol–water partition coefficient (Wildman–Crippen LogP) is 6.90. The number of hydrogen-bond donors (Lipinski definition) is 2. The van der Waals surface area contributed by atoms with E-state index < -0.39 is 30.7 Å². The lowest BCUT2D eigenvalue weighted by Crippen LogP contribution is -2.37. The molecule has 0 spiro atoms. The summed E-state index contributed by atoms with van der Waals surface area (Å²) in [7, 11) is 0. The SMILES string of the molecule is CC(C)(COc1ccn(-c2ncc3nc2-c2ccccc2C(F)(F)COCCCN(CC2(CO)CC2)c2cccc(n2)SN3)n1)C(F)(F)F. The van der Waals surface area contributed by atoms with E-state index in [0.29, 0.717) is 30.4 Å². The molecule has 262 valence electrons. The average Bonchev–Trinajstić information content (AvgIpc) is 3.70. The van der Waals surface area contributed by atoms with Crippen molar-refractivity contribution in [2.75, 3.05) is 49.1 Å². The Morgan fingerprint density at radius 3 is 2.61 bits per heavy atom. The van der Waals surface area contributed by atoms with E-state index in [4.69, 9.17) is 14.5 Å². The van der Waals surface area contributed by atoms with Gasteiger partial charge in [-0.15, -0.1) is 5.10 Å². The Labute approximate surface area is 284 Å². The monoisotopic (exact) mass is 705 g/mol. The van der Waals surface area contributed by atoms with Crippen LogP contribution in [0.3, 0.4) is 0 Å². The molecular weight excluding hydrogens is 669 g/mol. The second kappa shape index (κ2) is 13.7. The number of anilines is 2. The van der Waals surface area contributed by atoms with Gasteiger partial charge in [0.15, 0.2) is 11.6 Å². The van der Waals surface area contributed by atoms with Crippen LogP contribution < -0.4 is 14.4 Å². The minimum atomic E-state index is -4.50. The largest absolute Gasteiger partial charge is 0.476 e. The smallest absolute Gasteiger partial charge is 0.397 e.